The fourth-order valence-corrected chi connectivity index (χ4v) is 4.91. The number of furan rings is 1. The second kappa shape index (κ2) is 9.18. The Labute approximate surface area is 196 Å². The van der Waals surface area contributed by atoms with Crippen LogP contribution < -0.4 is 4.74 Å². The molecule has 0 amide bonds. The predicted octanol–water partition coefficient (Wildman–Crippen LogP) is 7.51. The summed E-state index contributed by atoms with van der Waals surface area (Å²) in [5.74, 6) is 1.30. The molecule has 4 aromatic rings. The third kappa shape index (κ3) is 4.55. The first-order chi connectivity index (χ1) is 16.4. The van der Waals surface area contributed by atoms with E-state index in [9.17, 15) is 13.2 Å². The van der Waals surface area contributed by atoms with E-state index in [1.807, 2.05) is 18.2 Å². The van der Waals surface area contributed by atoms with Crippen LogP contribution in [0.25, 0.3) is 22.3 Å². The van der Waals surface area contributed by atoms with Gasteiger partial charge < -0.3 is 9.15 Å². The minimum absolute atomic E-state index is 0.0257. The van der Waals surface area contributed by atoms with E-state index in [2.05, 4.69) is 29.2 Å². The molecule has 1 aromatic heterocycles. The highest BCUT2D eigenvalue weighted by Crippen LogP contribution is 2.41. The Kier molecular flexibility index (Phi) is 6.09. The number of halogens is 3. The van der Waals surface area contributed by atoms with E-state index in [-0.39, 0.29) is 11.3 Å². The minimum Gasteiger partial charge on any atom is -0.493 e. The minimum atomic E-state index is -4.46. The van der Waals surface area contributed by atoms with E-state index in [0.717, 1.165) is 49.5 Å². The Morgan fingerprint density at radius 2 is 1.65 bits per heavy atom. The average molecular weight is 466 g/mol. The van der Waals surface area contributed by atoms with E-state index in [1.165, 1.54) is 17.7 Å². The average Bonchev–Trinajstić information content (AvgIpc) is 3.28. The molecular weight excluding hydrogens is 439 g/mol. The molecule has 6 heteroatoms. The second-order valence-electron chi connectivity index (χ2n) is 8.83. The maximum absolute atomic E-state index is 13.5. The van der Waals surface area contributed by atoms with Crippen molar-refractivity contribution in [1.82, 2.24) is 4.90 Å². The van der Waals surface area contributed by atoms with E-state index >= 15 is 0 Å². The van der Waals surface area contributed by atoms with Crippen molar-refractivity contribution >= 4 is 11.0 Å². The molecule has 3 nitrogen and oxygen atoms in total. The zero-order valence-corrected chi connectivity index (χ0v) is 18.9. The van der Waals surface area contributed by atoms with E-state index in [4.69, 9.17) is 9.15 Å². The zero-order valence-electron chi connectivity index (χ0n) is 18.9. The van der Waals surface area contributed by atoms with Gasteiger partial charge in [0.1, 0.15) is 5.76 Å². The number of fused-ring (bicyclic) bond motifs is 1. The first kappa shape index (κ1) is 22.5. The number of likely N-dealkylation sites (tertiary alicyclic amines) is 1. The molecule has 0 atom stereocenters. The van der Waals surface area contributed by atoms with E-state index in [0.29, 0.717) is 17.3 Å². The third-order valence-electron chi connectivity index (χ3n) is 6.62. The van der Waals surface area contributed by atoms with Gasteiger partial charge in [-0.05, 0) is 67.2 Å². The molecule has 2 heterocycles. The van der Waals surface area contributed by atoms with Crippen LogP contribution in [0.4, 0.5) is 13.2 Å². The fraction of sp³-hybridized carbons (Fsp3) is 0.286. The van der Waals surface area contributed by atoms with Crippen LogP contribution in [0.3, 0.4) is 0 Å². The highest BCUT2D eigenvalue weighted by molar-refractivity contribution is 5.88. The number of alkyl halides is 3. The summed E-state index contributed by atoms with van der Waals surface area (Å²) in [4.78, 5) is 2.42. The van der Waals surface area contributed by atoms with Crippen LogP contribution in [-0.4, -0.2) is 25.1 Å². The molecule has 1 aliphatic rings. The Hall–Kier alpha value is -3.25. The van der Waals surface area contributed by atoms with Gasteiger partial charge in [0.15, 0.2) is 11.3 Å². The topological polar surface area (TPSA) is 25.6 Å². The van der Waals surface area contributed by atoms with Crippen molar-refractivity contribution in [3.8, 4) is 17.1 Å². The summed E-state index contributed by atoms with van der Waals surface area (Å²) in [6, 6.07) is 21.7. The molecule has 1 fully saturated rings. The third-order valence-corrected chi connectivity index (χ3v) is 6.62. The highest BCUT2D eigenvalue weighted by Gasteiger charge is 2.34. The molecule has 176 valence electrons. The first-order valence-corrected chi connectivity index (χ1v) is 11.5. The SMILES string of the molecule is COc1cc(CN2CCC(c3ccccc3)CC2)cc2cc(-c3ccccc3C(F)(F)F)oc12. The first-order valence-electron chi connectivity index (χ1n) is 11.5. The van der Waals surface area contributed by atoms with Crippen molar-refractivity contribution in [1.29, 1.82) is 0 Å². The van der Waals surface area contributed by atoms with Crippen LogP contribution in [-0.2, 0) is 12.7 Å². The summed E-state index contributed by atoms with van der Waals surface area (Å²) in [5.41, 5.74) is 2.22. The Morgan fingerprint density at radius 3 is 2.35 bits per heavy atom. The van der Waals surface area contributed by atoms with E-state index in [1.54, 1.807) is 19.2 Å². The molecule has 0 bridgehead atoms. The Bertz CT molecular complexity index is 1270. The van der Waals surface area contributed by atoms with E-state index < -0.39 is 11.7 Å². The molecule has 1 saturated heterocycles. The number of hydrogen-bond acceptors (Lipinski definition) is 3. The number of rotatable bonds is 5. The van der Waals surface area contributed by atoms with Crippen LogP contribution in [0.1, 0.15) is 35.4 Å². The number of hydrogen-bond donors (Lipinski definition) is 0. The number of methoxy groups -OCH3 is 1. The molecule has 5 rings (SSSR count). The lowest BCUT2D eigenvalue weighted by Gasteiger charge is -2.32. The Morgan fingerprint density at radius 1 is 0.941 bits per heavy atom. The van der Waals surface area contributed by atoms with Gasteiger partial charge in [-0.25, -0.2) is 0 Å². The molecular formula is C28H26F3NO2. The molecule has 3 aromatic carbocycles. The molecule has 0 unspecified atom stereocenters. The van der Waals surface area contributed by atoms with Crippen molar-refractivity contribution in [3.05, 3.63) is 89.5 Å². The van der Waals surface area contributed by atoms with Gasteiger partial charge >= 0.3 is 6.18 Å². The molecule has 0 radical (unpaired) electrons. The number of piperidine rings is 1. The van der Waals surface area contributed by atoms with Gasteiger partial charge in [0, 0.05) is 17.5 Å². The van der Waals surface area contributed by atoms with Gasteiger partial charge in [-0.2, -0.15) is 13.2 Å². The molecule has 0 aliphatic carbocycles. The van der Waals surface area contributed by atoms with Crippen LogP contribution in [0.5, 0.6) is 5.75 Å². The molecule has 1 aliphatic heterocycles. The van der Waals surface area contributed by atoms with Crippen LogP contribution in [0.2, 0.25) is 0 Å². The zero-order chi connectivity index (χ0) is 23.7. The van der Waals surface area contributed by atoms with Crippen molar-refractivity contribution < 1.29 is 22.3 Å². The molecule has 0 saturated carbocycles. The fourth-order valence-electron chi connectivity index (χ4n) is 4.91. The molecule has 0 N–H and O–H groups in total. The number of ether oxygens (including phenoxy) is 1. The van der Waals surface area contributed by atoms with Gasteiger partial charge in [-0.15, -0.1) is 0 Å². The van der Waals surface area contributed by atoms with Crippen LogP contribution in [0, 0.1) is 0 Å². The summed E-state index contributed by atoms with van der Waals surface area (Å²) in [6.45, 7) is 2.75. The van der Waals surface area contributed by atoms with Gasteiger partial charge in [0.05, 0.1) is 12.7 Å². The standard InChI is InChI=1S/C28H26F3NO2/c1-33-26-16-19(18-32-13-11-21(12-14-32)20-7-3-2-4-8-20)15-22-17-25(34-27(22)26)23-9-5-6-10-24(23)28(29,30)31/h2-10,15-17,21H,11-14,18H2,1H3. The number of benzene rings is 3. The van der Waals surface area contributed by atoms with Crippen molar-refractivity contribution in [3.63, 3.8) is 0 Å². The van der Waals surface area contributed by atoms with Gasteiger partial charge in [-0.1, -0.05) is 48.5 Å². The normalized spacial score (nSPS) is 15.6. The summed E-state index contributed by atoms with van der Waals surface area (Å²) >= 11 is 0. The smallest absolute Gasteiger partial charge is 0.417 e. The highest BCUT2D eigenvalue weighted by atomic mass is 19.4. The lowest BCUT2D eigenvalue weighted by Crippen LogP contribution is -2.32. The summed E-state index contributed by atoms with van der Waals surface area (Å²) in [5, 5.41) is 0.737. The quantitative estimate of drug-likeness (QED) is 0.305. The maximum atomic E-state index is 13.5. The lowest BCUT2D eigenvalue weighted by atomic mass is 9.89. The second-order valence-corrected chi connectivity index (χ2v) is 8.83. The van der Waals surface area contributed by atoms with Gasteiger partial charge in [0.2, 0.25) is 0 Å². The Balaban J connectivity index is 1.38. The summed E-state index contributed by atoms with van der Waals surface area (Å²) in [7, 11) is 1.55. The summed E-state index contributed by atoms with van der Waals surface area (Å²) in [6.07, 6.45) is -2.25. The van der Waals surface area contributed by atoms with Crippen molar-refractivity contribution in [2.75, 3.05) is 20.2 Å². The van der Waals surface area contributed by atoms with Crippen molar-refractivity contribution in [2.24, 2.45) is 0 Å². The van der Waals surface area contributed by atoms with Crippen LogP contribution in [0.15, 0.2) is 77.2 Å². The molecule has 0 spiro atoms. The number of nitrogens with zero attached hydrogens (tertiary/aromatic N) is 1. The van der Waals surface area contributed by atoms with Crippen molar-refractivity contribution in [2.45, 2.75) is 31.5 Å². The maximum Gasteiger partial charge on any atom is 0.417 e. The summed E-state index contributed by atoms with van der Waals surface area (Å²) < 4.78 is 52.0. The van der Waals surface area contributed by atoms with Gasteiger partial charge in [0.25, 0.3) is 0 Å². The predicted molar refractivity (Wildman–Crippen MR) is 127 cm³/mol. The van der Waals surface area contributed by atoms with Gasteiger partial charge in [-0.3, -0.25) is 4.90 Å². The largest absolute Gasteiger partial charge is 0.493 e. The molecule has 34 heavy (non-hydrogen) atoms. The monoisotopic (exact) mass is 465 g/mol. The lowest BCUT2D eigenvalue weighted by molar-refractivity contribution is -0.137. The van der Waals surface area contributed by atoms with Crippen LogP contribution >= 0.6 is 0 Å².